The number of fused-ring (bicyclic) bond motifs is 5. The van der Waals surface area contributed by atoms with Gasteiger partial charge in [-0.15, -0.1) is 0 Å². The van der Waals surface area contributed by atoms with E-state index in [1.807, 2.05) is 13.8 Å². The molecular formula is C29H48IO6-. The zero-order valence-corrected chi connectivity index (χ0v) is 25.2. The summed E-state index contributed by atoms with van der Waals surface area (Å²) in [6, 6.07) is 0. The summed E-state index contributed by atoms with van der Waals surface area (Å²) in [7, 11) is 0. The van der Waals surface area contributed by atoms with Gasteiger partial charge in [-0.2, -0.15) is 0 Å². The Balaban J connectivity index is 1.51. The normalized spacial score (nSPS) is 45.3. The van der Waals surface area contributed by atoms with Crippen LogP contribution in [0.2, 0.25) is 0 Å². The Bertz CT molecular complexity index is 846. The van der Waals surface area contributed by atoms with E-state index in [9.17, 15) is 24.9 Å². The minimum atomic E-state index is -0.756. The van der Waals surface area contributed by atoms with Gasteiger partial charge in [0.25, 0.3) is 0 Å². The fourth-order valence-corrected chi connectivity index (χ4v) is 9.71. The molecule has 0 aromatic heterocycles. The predicted octanol–water partition coefficient (Wildman–Crippen LogP) is 1.50. The molecule has 4 aliphatic rings. The van der Waals surface area contributed by atoms with Crippen LogP contribution >= 0.6 is 0 Å². The van der Waals surface area contributed by atoms with Crippen molar-refractivity contribution in [2.75, 3.05) is 4.93 Å². The van der Waals surface area contributed by atoms with Gasteiger partial charge in [0.05, 0.1) is 0 Å². The quantitative estimate of drug-likeness (QED) is 0.227. The van der Waals surface area contributed by atoms with E-state index in [2.05, 4.69) is 25.7 Å². The Morgan fingerprint density at radius 3 is 2.42 bits per heavy atom. The Morgan fingerprint density at radius 1 is 1.08 bits per heavy atom. The SMILES string of the molecule is C[I-]C(C)(C)C(=O)O[C@H]1CCC2(C)C(C1)C[C@@H](O)C1C2C[C@H](O)C2(C)C(C(C)CCC(=O)O)CCC12. The average Bonchev–Trinajstić information content (AvgIpc) is 3.17. The third-order valence-electron chi connectivity index (χ3n) is 11.5. The molecule has 36 heavy (non-hydrogen) atoms. The fraction of sp³-hybridized carbons (Fsp3) is 0.931. The summed E-state index contributed by atoms with van der Waals surface area (Å²) in [6.07, 6.45) is 6.03. The molecule has 4 rings (SSSR count). The second-order valence-corrected chi connectivity index (χ2v) is 17.2. The van der Waals surface area contributed by atoms with Gasteiger partial charge < -0.3 is 5.11 Å². The molecule has 0 aliphatic heterocycles. The van der Waals surface area contributed by atoms with Crippen LogP contribution in [0.5, 0.6) is 0 Å². The van der Waals surface area contributed by atoms with Gasteiger partial charge in [0, 0.05) is 6.42 Å². The topological polar surface area (TPSA) is 104 Å². The second kappa shape index (κ2) is 10.3. The Kier molecular flexibility index (Phi) is 8.17. The first-order valence-electron chi connectivity index (χ1n) is 14.0. The van der Waals surface area contributed by atoms with Gasteiger partial charge in [0.15, 0.2) is 0 Å². The number of aliphatic hydroxyl groups excluding tert-OH is 2. The standard InChI is InChI=1S/C29H48IO6/c1-16(7-10-24(33)34)19-8-9-20-25-21(15-23(32)29(19,20)5)28(4)12-11-18(13-17(28)14-22(25)31)36-26(35)27(2,3)30-6/h16-23,25,31-32H,7-15H2,1-6H3,(H,33,34)/q-1/t16?,17?,18-,19?,20?,21?,22+,23-,25?,28?,29?/m0/s1. The molecule has 0 radical (unpaired) electrons. The summed E-state index contributed by atoms with van der Waals surface area (Å²) in [6.45, 7) is 10.7. The molecular weight excluding hydrogens is 571 g/mol. The van der Waals surface area contributed by atoms with Gasteiger partial charge in [0.1, 0.15) is 0 Å². The zero-order valence-electron chi connectivity index (χ0n) is 23.0. The van der Waals surface area contributed by atoms with Gasteiger partial charge in [-0.3, -0.25) is 4.79 Å². The van der Waals surface area contributed by atoms with Gasteiger partial charge in [0.2, 0.25) is 0 Å². The van der Waals surface area contributed by atoms with Crippen molar-refractivity contribution in [3.8, 4) is 0 Å². The van der Waals surface area contributed by atoms with Crippen LogP contribution in [-0.2, 0) is 14.3 Å². The number of hydrogen-bond acceptors (Lipinski definition) is 5. The molecule has 4 aliphatic carbocycles. The van der Waals surface area contributed by atoms with Crippen molar-refractivity contribution < 1.29 is 50.9 Å². The number of carboxylic acids is 1. The summed E-state index contributed by atoms with van der Waals surface area (Å²) >= 11 is -0.255. The molecule has 11 atom stereocenters. The van der Waals surface area contributed by atoms with E-state index in [-0.39, 0.29) is 83.5 Å². The summed E-state index contributed by atoms with van der Waals surface area (Å²) < 4.78 is 5.65. The van der Waals surface area contributed by atoms with Crippen LogP contribution < -0.4 is 21.2 Å². The van der Waals surface area contributed by atoms with Gasteiger partial charge >= 0.3 is 193 Å². The Labute approximate surface area is 227 Å². The molecule has 208 valence electrons. The maximum absolute atomic E-state index is 12.8. The summed E-state index contributed by atoms with van der Waals surface area (Å²) in [4.78, 5) is 26.1. The van der Waals surface area contributed by atoms with Crippen LogP contribution in [0, 0.1) is 46.3 Å². The number of carbonyl (C=O) groups excluding carboxylic acids is 1. The number of hydrogen-bond donors (Lipinski definition) is 3. The summed E-state index contributed by atoms with van der Waals surface area (Å²) in [5.74, 6) is 0.708. The molecule has 6 nitrogen and oxygen atoms in total. The van der Waals surface area contributed by atoms with E-state index >= 15 is 0 Å². The monoisotopic (exact) mass is 619 g/mol. The molecule has 0 spiro atoms. The van der Waals surface area contributed by atoms with Crippen LogP contribution in [0.25, 0.3) is 0 Å². The number of carbonyl (C=O) groups is 2. The first kappa shape index (κ1) is 28.6. The molecule has 8 unspecified atom stereocenters. The van der Waals surface area contributed by atoms with Gasteiger partial charge in [-0.1, -0.05) is 6.92 Å². The number of aliphatic hydroxyl groups is 2. The maximum atomic E-state index is 12.8. The molecule has 4 fully saturated rings. The van der Waals surface area contributed by atoms with E-state index in [4.69, 9.17) is 4.74 Å². The van der Waals surface area contributed by atoms with Crippen molar-refractivity contribution >= 4 is 11.9 Å². The molecule has 0 amide bonds. The number of alkyl halides is 2. The number of rotatable bonds is 7. The third kappa shape index (κ3) is 4.76. The minimum absolute atomic E-state index is 0.0370. The van der Waals surface area contributed by atoms with Crippen LogP contribution in [0.15, 0.2) is 0 Å². The molecule has 0 aromatic carbocycles. The molecule has 0 bridgehead atoms. The van der Waals surface area contributed by atoms with Crippen molar-refractivity contribution in [1.82, 2.24) is 0 Å². The van der Waals surface area contributed by atoms with E-state index in [1.165, 1.54) is 0 Å². The van der Waals surface area contributed by atoms with Crippen molar-refractivity contribution in [3.63, 3.8) is 0 Å². The van der Waals surface area contributed by atoms with E-state index in [0.717, 1.165) is 38.5 Å². The molecule has 0 heterocycles. The van der Waals surface area contributed by atoms with E-state index in [0.29, 0.717) is 18.8 Å². The van der Waals surface area contributed by atoms with Crippen molar-refractivity contribution in [2.45, 2.75) is 114 Å². The average molecular weight is 620 g/mol. The van der Waals surface area contributed by atoms with Crippen molar-refractivity contribution in [3.05, 3.63) is 0 Å². The first-order chi connectivity index (χ1) is 16.8. The number of ether oxygens (including phenoxy) is 1. The number of aliphatic carboxylic acids is 1. The van der Waals surface area contributed by atoms with E-state index in [1.54, 1.807) is 0 Å². The predicted molar refractivity (Wildman–Crippen MR) is 134 cm³/mol. The third-order valence-corrected chi connectivity index (χ3v) is 14.7. The molecule has 7 heteroatoms. The number of halogens is 1. The van der Waals surface area contributed by atoms with Gasteiger partial charge in [-0.05, 0) is 12.3 Å². The second-order valence-electron chi connectivity index (χ2n) is 13.5. The molecule has 0 saturated heterocycles. The molecule has 3 N–H and O–H groups in total. The summed E-state index contributed by atoms with van der Waals surface area (Å²) in [5, 5.41) is 32.5. The van der Waals surface area contributed by atoms with Crippen LogP contribution in [-0.4, -0.2) is 53.9 Å². The zero-order chi connectivity index (χ0) is 26.6. The van der Waals surface area contributed by atoms with Crippen LogP contribution in [0.3, 0.4) is 0 Å². The van der Waals surface area contributed by atoms with Crippen LogP contribution in [0.1, 0.15) is 92.4 Å². The Morgan fingerprint density at radius 2 is 1.78 bits per heavy atom. The van der Waals surface area contributed by atoms with Gasteiger partial charge in [-0.25, -0.2) is 0 Å². The first-order valence-corrected chi connectivity index (χ1v) is 17.3. The summed E-state index contributed by atoms with van der Waals surface area (Å²) in [5.41, 5.74) is -0.236. The molecule has 4 saturated carbocycles. The number of esters is 1. The van der Waals surface area contributed by atoms with Crippen molar-refractivity contribution in [2.24, 2.45) is 46.3 Å². The van der Waals surface area contributed by atoms with Crippen LogP contribution in [0.4, 0.5) is 0 Å². The number of carboxylic acid groups (broad SMARTS) is 1. The Hall–Kier alpha value is -0.410. The van der Waals surface area contributed by atoms with Crippen molar-refractivity contribution in [1.29, 1.82) is 0 Å². The van der Waals surface area contributed by atoms with E-state index < -0.39 is 18.2 Å². The fourth-order valence-electron chi connectivity index (χ4n) is 9.14. The molecule has 0 aromatic rings.